The molecule has 0 bridgehead atoms. The molecule has 1 N–H and O–H groups in total. The van der Waals surface area contributed by atoms with Gasteiger partial charge in [0.25, 0.3) is 5.91 Å². The van der Waals surface area contributed by atoms with Gasteiger partial charge in [0.05, 0.1) is 23.5 Å². The molecular formula is C28H31N3O2. The zero-order valence-corrected chi connectivity index (χ0v) is 19.6. The first-order valence-electron chi connectivity index (χ1n) is 11.7. The predicted molar refractivity (Wildman–Crippen MR) is 134 cm³/mol. The molecule has 2 aliphatic rings. The Morgan fingerprint density at radius 1 is 0.909 bits per heavy atom. The molecule has 33 heavy (non-hydrogen) atoms. The van der Waals surface area contributed by atoms with Gasteiger partial charge in [-0.25, -0.2) is 0 Å². The second kappa shape index (κ2) is 8.56. The number of carbonyl (C=O) groups excluding carboxylic acids is 1. The maximum Gasteiger partial charge on any atom is 0.262 e. The Hall–Kier alpha value is -3.31. The molecule has 2 aliphatic heterocycles. The zero-order chi connectivity index (χ0) is 23.0. The molecule has 2 heterocycles. The Bertz CT molecular complexity index is 1160. The summed E-state index contributed by atoms with van der Waals surface area (Å²) in [4.78, 5) is 18.2. The fourth-order valence-electron chi connectivity index (χ4n) is 4.52. The number of para-hydroxylation sites is 1. The highest BCUT2D eigenvalue weighted by atomic mass is 16.5. The summed E-state index contributed by atoms with van der Waals surface area (Å²) in [6, 6.07) is 22.3. The summed E-state index contributed by atoms with van der Waals surface area (Å²) in [6.07, 6.45) is 0. The quantitative estimate of drug-likeness (QED) is 0.595. The van der Waals surface area contributed by atoms with E-state index in [2.05, 4.69) is 61.3 Å². The summed E-state index contributed by atoms with van der Waals surface area (Å²) >= 11 is 0. The molecule has 5 rings (SSSR count). The van der Waals surface area contributed by atoms with Gasteiger partial charge < -0.3 is 19.9 Å². The molecule has 3 aromatic rings. The number of ether oxygens (including phenoxy) is 1. The molecule has 0 spiro atoms. The number of anilines is 2. The van der Waals surface area contributed by atoms with Gasteiger partial charge in [0.15, 0.2) is 11.5 Å². The average molecular weight is 442 g/mol. The van der Waals surface area contributed by atoms with E-state index < -0.39 is 0 Å². The number of hydrogen-bond acceptors (Lipinski definition) is 4. The first-order chi connectivity index (χ1) is 15.9. The molecule has 1 fully saturated rings. The number of piperazine rings is 1. The normalized spacial score (nSPS) is 16.0. The van der Waals surface area contributed by atoms with Gasteiger partial charge in [0.1, 0.15) is 0 Å². The molecule has 0 saturated carbocycles. The van der Waals surface area contributed by atoms with Crippen LogP contribution < -0.4 is 19.9 Å². The van der Waals surface area contributed by atoms with Gasteiger partial charge in [0.2, 0.25) is 0 Å². The molecule has 0 aromatic heterocycles. The average Bonchev–Trinajstić information content (AvgIpc) is 2.94. The minimum atomic E-state index is -0.0401. The van der Waals surface area contributed by atoms with Crippen molar-refractivity contribution < 1.29 is 9.53 Å². The highest BCUT2D eigenvalue weighted by Gasteiger charge is 2.32. The summed E-state index contributed by atoms with van der Waals surface area (Å²) in [5.74, 6) is 1.34. The van der Waals surface area contributed by atoms with Crippen molar-refractivity contribution in [3.63, 3.8) is 0 Å². The topological polar surface area (TPSA) is 44.8 Å². The van der Waals surface area contributed by atoms with Gasteiger partial charge in [-0.2, -0.15) is 0 Å². The third-order valence-electron chi connectivity index (χ3n) is 6.44. The van der Waals surface area contributed by atoms with Crippen LogP contribution in [0.3, 0.4) is 0 Å². The van der Waals surface area contributed by atoms with Gasteiger partial charge in [-0.15, -0.1) is 0 Å². The maximum absolute atomic E-state index is 14.0. The van der Waals surface area contributed by atoms with Gasteiger partial charge in [-0.3, -0.25) is 4.79 Å². The SMILES string of the molecule is CC(C)(C)c1ccc2c(c1)N(Cc1ccccc1)C(=O)c1cccc(N3CCNCC3)c1O2. The van der Waals surface area contributed by atoms with E-state index in [9.17, 15) is 4.79 Å². The van der Waals surface area contributed by atoms with Crippen molar-refractivity contribution in [3.8, 4) is 11.5 Å². The van der Waals surface area contributed by atoms with E-state index in [1.165, 1.54) is 5.56 Å². The summed E-state index contributed by atoms with van der Waals surface area (Å²) in [5.41, 5.74) is 4.62. The Morgan fingerprint density at radius 2 is 1.67 bits per heavy atom. The van der Waals surface area contributed by atoms with E-state index in [1.54, 1.807) is 0 Å². The molecular weight excluding hydrogens is 410 g/mol. The van der Waals surface area contributed by atoms with Gasteiger partial charge in [-0.05, 0) is 40.8 Å². The first kappa shape index (κ1) is 21.5. The lowest BCUT2D eigenvalue weighted by molar-refractivity contribution is 0.0985. The van der Waals surface area contributed by atoms with E-state index in [-0.39, 0.29) is 11.3 Å². The molecule has 5 heteroatoms. The largest absolute Gasteiger partial charge is 0.452 e. The van der Waals surface area contributed by atoms with E-state index in [4.69, 9.17) is 4.74 Å². The van der Waals surface area contributed by atoms with Crippen molar-refractivity contribution >= 4 is 17.3 Å². The number of rotatable bonds is 3. The van der Waals surface area contributed by atoms with E-state index in [1.807, 2.05) is 41.3 Å². The molecule has 1 saturated heterocycles. The van der Waals surface area contributed by atoms with Gasteiger partial charge in [0, 0.05) is 26.2 Å². The van der Waals surface area contributed by atoms with Crippen molar-refractivity contribution in [2.45, 2.75) is 32.7 Å². The number of hydrogen-bond donors (Lipinski definition) is 1. The molecule has 1 amide bonds. The Labute approximate surface area is 196 Å². The van der Waals surface area contributed by atoms with E-state index in [0.717, 1.165) is 43.1 Å². The van der Waals surface area contributed by atoms with Crippen LogP contribution in [0.1, 0.15) is 42.3 Å². The van der Waals surface area contributed by atoms with Crippen LogP contribution in [0.2, 0.25) is 0 Å². The van der Waals surface area contributed by atoms with Crippen molar-refractivity contribution in [1.82, 2.24) is 5.32 Å². The third kappa shape index (κ3) is 4.21. The molecule has 0 atom stereocenters. The molecule has 0 unspecified atom stereocenters. The summed E-state index contributed by atoms with van der Waals surface area (Å²) < 4.78 is 6.57. The van der Waals surface area contributed by atoms with Crippen molar-refractivity contribution in [2.75, 3.05) is 36.0 Å². The van der Waals surface area contributed by atoms with Crippen LogP contribution in [0.4, 0.5) is 11.4 Å². The number of amides is 1. The fourth-order valence-corrected chi connectivity index (χ4v) is 4.52. The van der Waals surface area contributed by atoms with Crippen molar-refractivity contribution in [1.29, 1.82) is 0 Å². The molecule has 0 radical (unpaired) electrons. The lowest BCUT2D eigenvalue weighted by atomic mass is 9.86. The zero-order valence-electron chi connectivity index (χ0n) is 19.6. The van der Waals surface area contributed by atoms with E-state index in [0.29, 0.717) is 23.6 Å². The van der Waals surface area contributed by atoms with Crippen molar-refractivity contribution in [2.24, 2.45) is 0 Å². The van der Waals surface area contributed by atoms with Crippen LogP contribution in [0, 0.1) is 0 Å². The van der Waals surface area contributed by atoms with Crippen molar-refractivity contribution in [3.05, 3.63) is 83.4 Å². The van der Waals surface area contributed by atoms with Crippen LogP contribution in [-0.4, -0.2) is 32.1 Å². The Morgan fingerprint density at radius 3 is 2.39 bits per heavy atom. The van der Waals surface area contributed by atoms with Gasteiger partial charge >= 0.3 is 0 Å². The summed E-state index contributed by atoms with van der Waals surface area (Å²) in [7, 11) is 0. The standard InChI is InChI=1S/C28H31N3O2/c1-28(2,3)21-12-13-25-24(18-21)31(19-20-8-5-4-6-9-20)27(32)22-10-7-11-23(26(22)33-25)30-16-14-29-15-17-30/h4-13,18,29H,14-17,19H2,1-3H3. The van der Waals surface area contributed by atoms with Gasteiger partial charge in [-0.1, -0.05) is 63.2 Å². The smallest absolute Gasteiger partial charge is 0.262 e. The highest BCUT2D eigenvalue weighted by molar-refractivity contribution is 6.10. The minimum Gasteiger partial charge on any atom is -0.452 e. The van der Waals surface area contributed by atoms with Crippen LogP contribution >= 0.6 is 0 Å². The highest BCUT2D eigenvalue weighted by Crippen LogP contribution is 2.45. The third-order valence-corrected chi connectivity index (χ3v) is 6.44. The monoisotopic (exact) mass is 441 g/mol. The van der Waals surface area contributed by atoms with Crippen LogP contribution in [0.15, 0.2) is 66.7 Å². The van der Waals surface area contributed by atoms with Crippen LogP contribution in [-0.2, 0) is 12.0 Å². The molecule has 170 valence electrons. The lowest BCUT2D eigenvalue weighted by Crippen LogP contribution is -2.43. The summed E-state index contributed by atoms with van der Waals surface area (Å²) in [5, 5.41) is 3.40. The summed E-state index contributed by atoms with van der Waals surface area (Å²) in [6.45, 7) is 10.7. The Kier molecular flexibility index (Phi) is 5.59. The number of nitrogens with one attached hydrogen (secondary N) is 1. The molecule has 0 aliphatic carbocycles. The Balaban J connectivity index is 1.66. The lowest BCUT2D eigenvalue weighted by Gasteiger charge is -2.31. The second-order valence-corrected chi connectivity index (χ2v) is 9.80. The minimum absolute atomic E-state index is 0.0318. The number of fused-ring (bicyclic) bond motifs is 2. The maximum atomic E-state index is 14.0. The van der Waals surface area contributed by atoms with Crippen LogP contribution in [0.25, 0.3) is 0 Å². The number of carbonyl (C=O) groups is 1. The van der Waals surface area contributed by atoms with Crippen LogP contribution in [0.5, 0.6) is 11.5 Å². The molecule has 3 aromatic carbocycles. The number of benzene rings is 3. The predicted octanol–water partition coefficient (Wildman–Crippen LogP) is 5.35. The molecule has 5 nitrogen and oxygen atoms in total. The number of nitrogens with zero attached hydrogens (tertiary/aromatic N) is 2. The second-order valence-electron chi connectivity index (χ2n) is 9.80. The first-order valence-corrected chi connectivity index (χ1v) is 11.7. The fraction of sp³-hybridized carbons (Fsp3) is 0.321. The van der Waals surface area contributed by atoms with E-state index >= 15 is 0 Å².